The number of carbonyl (C=O) groups excluding carboxylic acids is 1. The topological polar surface area (TPSA) is 107 Å². The van der Waals surface area contributed by atoms with E-state index < -0.39 is 16.1 Å². The predicted octanol–water partition coefficient (Wildman–Crippen LogP) is 3.52. The maximum Gasteiger partial charge on any atom is 0.419 e. The van der Waals surface area contributed by atoms with Crippen LogP contribution < -0.4 is 11.1 Å². The molecule has 1 heterocycles. The second-order valence-electron chi connectivity index (χ2n) is 7.67. The summed E-state index contributed by atoms with van der Waals surface area (Å²) >= 11 is 0. The van der Waals surface area contributed by atoms with E-state index in [9.17, 15) is 24.1 Å². The second-order valence-corrected chi connectivity index (χ2v) is 7.67. The maximum atomic E-state index is 14.0. The Labute approximate surface area is 171 Å². The molecule has 0 aliphatic carbocycles. The van der Waals surface area contributed by atoms with Crippen LogP contribution >= 0.6 is 0 Å². The van der Waals surface area contributed by atoms with E-state index in [2.05, 4.69) is 5.32 Å². The standard InChI is InChI=1S/C21H22FN3O5/c1-21(2,15-6-3-4-7-16(15)22)13-23-19(26)8-5-11-24-17-10-9-14(25(28)29)12-18(17)30-20(24)27/h3-4,6-7,9-10,12H,5,8,11,13H2,1-2H3,(H,23,26). The minimum absolute atomic E-state index is 0.130. The molecule has 0 saturated heterocycles. The van der Waals surface area contributed by atoms with Gasteiger partial charge in [-0.25, -0.2) is 9.18 Å². The summed E-state index contributed by atoms with van der Waals surface area (Å²) in [5.41, 5.74) is 0.348. The number of fused-ring (bicyclic) bond motifs is 1. The highest BCUT2D eigenvalue weighted by Gasteiger charge is 2.24. The molecule has 3 rings (SSSR count). The fourth-order valence-electron chi connectivity index (χ4n) is 3.29. The molecule has 0 unspecified atom stereocenters. The molecule has 9 heteroatoms. The number of nitro groups is 1. The molecular formula is C21H22FN3O5. The Morgan fingerprint density at radius 2 is 2.00 bits per heavy atom. The van der Waals surface area contributed by atoms with Gasteiger partial charge in [0.25, 0.3) is 5.69 Å². The van der Waals surface area contributed by atoms with Gasteiger partial charge in [0.2, 0.25) is 5.91 Å². The molecule has 158 valence electrons. The number of benzene rings is 2. The number of aromatic nitrogens is 1. The summed E-state index contributed by atoms with van der Waals surface area (Å²) in [4.78, 5) is 34.5. The van der Waals surface area contributed by atoms with Gasteiger partial charge in [0.1, 0.15) is 5.82 Å². The van der Waals surface area contributed by atoms with Gasteiger partial charge in [0, 0.05) is 31.0 Å². The summed E-state index contributed by atoms with van der Waals surface area (Å²) in [6.07, 6.45) is 0.539. The van der Waals surface area contributed by atoms with E-state index in [1.54, 1.807) is 18.2 Å². The number of hydrogen-bond acceptors (Lipinski definition) is 5. The summed E-state index contributed by atoms with van der Waals surface area (Å²) in [6.45, 7) is 4.20. The van der Waals surface area contributed by atoms with E-state index in [0.29, 0.717) is 17.5 Å². The molecule has 1 amide bonds. The fourth-order valence-corrected chi connectivity index (χ4v) is 3.29. The van der Waals surface area contributed by atoms with Crippen molar-refractivity contribution in [3.8, 4) is 0 Å². The summed E-state index contributed by atoms with van der Waals surface area (Å²) in [6, 6.07) is 10.4. The highest BCUT2D eigenvalue weighted by atomic mass is 19.1. The minimum Gasteiger partial charge on any atom is -0.407 e. The van der Waals surface area contributed by atoms with Crippen LogP contribution in [0.3, 0.4) is 0 Å². The Bertz CT molecular complexity index is 1150. The Kier molecular flexibility index (Phi) is 6.00. The number of nitrogens with one attached hydrogen (secondary N) is 1. The van der Waals surface area contributed by atoms with Crippen molar-refractivity contribution in [1.29, 1.82) is 0 Å². The SMILES string of the molecule is CC(C)(CNC(=O)CCCn1c(=O)oc2cc([N+](=O)[O-])ccc21)c1ccccc1F. The number of hydrogen-bond donors (Lipinski definition) is 1. The number of nitro benzene ring substituents is 1. The maximum absolute atomic E-state index is 14.0. The molecule has 0 spiro atoms. The molecular weight excluding hydrogens is 393 g/mol. The van der Waals surface area contributed by atoms with Crippen LogP contribution in [-0.2, 0) is 16.8 Å². The lowest BCUT2D eigenvalue weighted by Gasteiger charge is -2.26. The van der Waals surface area contributed by atoms with Crippen molar-refractivity contribution < 1.29 is 18.5 Å². The molecule has 0 radical (unpaired) electrons. The second kappa shape index (κ2) is 8.48. The molecule has 0 aliphatic heterocycles. The van der Waals surface area contributed by atoms with Crippen molar-refractivity contribution in [2.24, 2.45) is 0 Å². The van der Waals surface area contributed by atoms with Crippen molar-refractivity contribution in [1.82, 2.24) is 9.88 Å². The van der Waals surface area contributed by atoms with E-state index in [0.717, 1.165) is 0 Å². The first kappa shape index (κ1) is 21.2. The highest BCUT2D eigenvalue weighted by Crippen LogP contribution is 2.25. The summed E-state index contributed by atoms with van der Waals surface area (Å²) in [5.74, 6) is -1.16. The number of carbonyl (C=O) groups is 1. The first-order valence-corrected chi connectivity index (χ1v) is 9.48. The molecule has 0 atom stereocenters. The van der Waals surface area contributed by atoms with Gasteiger partial charge in [-0.2, -0.15) is 0 Å². The van der Waals surface area contributed by atoms with Gasteiger partial charge in [-0.05, 0) is 24.1 Å². The number of aryl methyl sites for hydroxylation is 1. The van der Waals surface area contributed by atoms with Crippen LogP contribution in [0.5, 0.6) is 0 Å². The number of nitrogens with zero attached hydrogens (tertiary/aromatic N) is 2. The molecule has 0 bridgehead atoms. The van der Waals surface area contributed by atoms with Crippen LogP contribution in [0.1, 0.15) is 32.3 Å². The van der Waals surface area contributed by atoms with Crippen LogP contribution in [0.4, 0.5) is 10.1 Å². The fraction of sp³-hybridized carbons (Fsp3) is 0.333. The van der Waals surface area contributed by atoms with Crippen molar-refractivity contribution in [2.75, 3.05) is 6.54 Å². The van der Waals surface area contributed by atoms with Crippen LogP contribution in [0.25, 0.3) is 11.1 Å². The number of halogens is 1. The minimum atomic E-state index is -0.633. The lowest BCUT2D eigenvalue weighted by molar-refractivity contribution is -0.384. The van der Waals surface area contributed by atoms with Crippen LogP contribution in [0.15, 0.2) is 51.7 Å². The van der Waals surface area contributed by atoms with Gasteiger partial charge < -0.3 is 9.73 Å². The Hall–Kier alpha value is -3.49. The Morgan fingerprint density at radius 3 is 2.70 bits per heavy atom. The third-order valence-electron chi connectivity index (χ3n) is 4.98. The van der Waals surface area contributed by atoms with E-state index in [-0.39, 0.29) is 42.5 Å². The van der Waals surface area contributed by atoms with E-state index >= 15 is 0 Å². The van der Waals surface area contributed by atoms with Crippen LogP contribution in [0.2, 0.25) is 0 Å². The van der Waals surface area contributed by atoms with E-state index in [1.165, 1.54) is 28.8 Å². The summed E-state index contributed by atoms with van der Waals surface area (Å²) < 4.78 is 20.4. The van der Waals surface area contributed by atoms with Crippen LogP contribution in [0, 0.1) is 15.9 Å². The van der Waals surface area contributed by atoms with Crippen molar-refractivity contribution in [3.05, 3.63) is 74.5 Å². The number of amides is 1. The molecule has 0 aliphatic rings. The van der Waals surface area contributed by atoms with Crippen molar-refractivity contribution in [3.63, 3.8) is 0 Å². The molecule has 2 aromatic carbocycles. The average molecular weight is 415 g/mol. The number of oxazole rings is 1. The third-order valence-corrected chi connectivity index (χ3v) is 4.98. The predicted molar refractivity (Wildman–Crippen MR) is 109 cm³/mol. The monoisotopic (exact) mass is 415 g/mol. The Balaban J connectivity index is 1.57. The molecule has 3 aromatic rings. The third kappa shape index (κ3) is 4.56. The van der Waals surface area contributed by atoms with Gasteiger partial charge in [-0.1, -0.05) is 32.0 Å². The van der Waals surface area contributed by atoms with E-state index in [1.807, 2.05) is 13.8 Å². The average Bonchev–Trinajstić information content (AvgIpc) is 3.01. The smallest absolute Gasteiger partial charge is 0.407 e. The van der Waals surface area contributed by atoms with Gasteiger partial charge in [-0.3, -0.25) is 19.5 Å². The zero-order valence-corrected chi connectivity index (χ0v) is 16.7. The quantitative estimate of drug-likeness (QED) is 0.447. The molecule has 8 nitrogen and oxygen atoms in total. The highest BCUT2D eigenvalue weighted by molar-refractivity contribution is 5.76. The summed E-state index contributed by atoms with van der Waals surface area (Å²) in [5, 5.41) is 13.6. The molecule has 1 N–H and O–H groups in total. The molecule has 30 heavy (non-hydrogen) atoms. The van der Waals surface area contributed by atoms with Gasteiger partial charge >= 0.3 is 5.76 Å². The van der Waals surface area contributed by atoms with Crippen molar-refractivity contribution >= 4 is 22.7 Å². The largest absolute Gasteiger partial charge is 0.419 e. The Morgan fingerprint density at radius 1 is 1.27 bits per heavy atom. The molecule has 0 saturated carbocycles. The first-order valence-electron chi connectivity index (χ1n) is 9.48. The normalized spacial score (nSPS) is 11.6. The molecule has 0 fully saturated rings. The van der Waals surface area contributed by atoms with E-state index in [4.69, 9.17) is 4.42 Å². The molecule has 1 aromatic heterocycles. The van der Waals surface area contributed by atoms with Gasteiger partial charge in [-0.15, -0.1) is 0 Å². The zero-order chi connectivity index (χ0) is 21.9. The summed E-state index contributed by atoms with van der Waals surface area (Å²) in [7, 11) is 0. The zero-order valence-electron chi connectivity index (χ0n) is 16.7. The lowest BCUT2D eigenvalue weighted by Crippen LogP contribution is -2.37. The number of rotatable bonds is 8. The van der Waals surface area contributed by atoms with Crippen LogP contribution in [-0.4, -0.2) is 21.9 Å². The first-order chi connectivity index (χ1) is 14.2. The van der Waals surface area contributed by atoms with Crippen molar-refractivity contribution in [2.45, 2.75) is 38.6 Å². The lowest BCUT2D eigenvalue weighted by atomic mass is 9.84. The van der Waals surface area contributed by atoms with Gasteiger partial charge in [0.05, 0.1) is 16.5 Å². The number of non-ortho nitro benzene ring substituents is 1. The van der Waals surface area contributed by atoms with Gasteiger partial charge in [0.15, 0.2) is 5.58 Å².